The van der Waals surface area contributed by atoms with Gasteiger partial charge in [0.25, 0.3) is 0 Å². The van der Waals surface area contributed by atoms with Crippen molar-refractivity contribution in [2.75, 3.05) is 0 Å². The van der Waals surface area contributed by atoms with Gasteiger partial charge in [-0.1, -0.05) is 74.5 Å². The molecule has 0 N–H and O–H groups in total. The lowest BCUT2D eigenvalue weighted by atomic mass is 9.96. The van der Waals surface area contributed by atoms with Gasteiger partial charge in [0, 0.05) is 0 Å². The first-order chi connectivity index (χ1) is 12.6. The van der Waals surface area contributed by atoms with Crippen LogP contribution in [0.25, 0.3) is 33.0 Å². The maximum Gasteiger partial charge on any atom is 0.123 e. The van der Waals surface area contributed by atoms with Gasteiger partial charge in [-0.05, 0) is 68.8 Å². The molecule has 0 amide bonds. The lowest BCUT2D eigenvalue weighted by Gasteiger charge is -2.09. The summed E-state index contributed by atoms with van der Waals surface area (Å²) in [5.41, 5.74) is 5.95. The van der Waals surface area contributed by atoms with Crippen molar-refractivity contribution in [2.24, 2.45) is 0 Å². The summed E-state index contributed by atoms with van der Waals surface area (Å²) in [5.74, 6) is 0.341. The number of hydrogen-bond acceptors (Lipinski definition) is 0. The molecule has 0 nitrogen and oxygen atoms in total. The molecule has 4 rings (SSSR count). The topological polar surface area (TPSA) is 0 Å². The first-order valence-electron chi connectivity index (χ1n) is 9.00. The molecule has 0 saturated heterocycles. The quantitative estimate of drug-likeness (QED) is 0.363. The molecule has 0 fully saturated rings. The fraction of sp³-hybridized carbons (Fsp3) is 0.120. The molecule has 0 spiro atoms. The third-order valence-corrected chi connectivity index (χ3v) is 4.93. The lowest BCUT2D eigenvalue weighted by molar-refractivity contribution is 0.628. The first kappa shape index (κ1) is 16.5. The Bertz CT molecular complexity index is 1040. The highest BCUT2D eigenvalue weighted by molar-refractivity contribution is 5.90. The molecule has 4 aromatic carbocycles. The minimum absolute atomic E-state index is 0.206. The second-order valence-electron chi connectivity index (χ2n) is 7.06. The molecule has 0 aromatic heterocycles. The third-order valence-electron chi connectivity index (χ3n) is 4.93. The van der Waals surface area contributed by atoms with Crippen molar-refractivity contribution in [3.63, 3.8) is 0 Å². The molecule has 0 unspecified atom stereocenters. The van der Waals surface area contributed by atoms with E-state index >= 15 is 0 Å². The molecule has 0 aliphatic rings. The SMILES string of the molecule is CC(C)c1ccc(-c2ccc3cc(-c4ccc(F)cc4)ccc3c2)cc1. The Kier molecular flexibility index (Phi) is 4.30. The number of hydrogen-bond donors (Lipinski definition) is 0. The average Bonchev–Trinajstić information content (AvgIpc) is 2.68. The smallest absolute Gasteiger partial charge is 0.123 e. The van der Waals surface area contributed by atoms with Crippen molar-refractivity contribution < 1.29 is 4.39 Å². The van der Waals surface area contributed by atoms with Gasteiger partial charge >= 0.3 is 0 Å². The largest absolute Gasteiger partial charge is 0.207 e. The monoisotopic (exact) mass is 340 g/mol. The van der Waals surface area contributed by atoms with Crippen molar-refractivity contribution in [2.45, 2.75) is 19.8 Å². The van der Waals surface area contributed by atoms with Gasteiger partial charge in [-0.15, -0.1) is 0 Å². The Morgan fingerprint density at radius 1 is 0.538 bits per heavy atom. The Balaban J connectivity index is 1.69. The zero-order chi connectivity index (χ0) is 18.1. The Morgan fingerprint density at radius 2 is 0.962 bits per heavy atom. The van der Waals surface area contributed by atoms with Crippen LogP contribution in [0, 0.1) is 5.82 Å². The fourth-order valence-electron chi connectivity index (χ4n) is 3.31. The Morgan fingerprint density at radius 3 is 1.42 bits per heavy atom. The normalized spacial score (nSPS) is 11.2. The van der Waals surface area contributed by atoms with E-state index < -0.39 is 0 Å². The summed E-state index contributed by atoms with van der Waals surface area (Å²) in [5, 5.41) is 2.40. The number of halogens is 1. The summed E-state index contributed by atoms with van der Waals surface area (Å²) in [6.45, 7) is 4.42. The van der Waals surface area contributed by atoms with Gasteiger partial charge in [0.15, 0.2) is 0 Å². The molecule has 128 valence electrons. The van der Waals surface area contributed by atoms with E-state index in [-0.39, 0.29) is 5.82 Å². The molecule has 4 aromatic rings. The minimum Gasteiger partial charge on any atom is -0.207 e. The van der Waals surface area contributed by atoms with Gasteiger partial charge in [-0.3, -0.25) is 0 Å². The van der Waals surface area contributed by atoms with Crippen LogP contribution < -0.4 is 0 Å². The molecule has 0 radical (unpaired) electrons. The zero-order valence-corrected chi connectivity index (χ0v) is 15.0. The Hall–Kier alpha value is -2.93. The van der Waals surface area contributed by atoms with E-state index in [4.69, 9.17) is 0 Å². The molecular formula is C25H21F. The second-order valence-corrected chi connectivity index (χ2v) is 7.06. The summed E-state index contributed by atoms with van der Waals surface area (Å²) in [4.78, 5) is 0. The molecule has 26 heavy (non-hydrogen) atoms. The van der Waals surface area contributed by atoms with Crippen molar-refractivity contribution in [3.05, 3.63) is 96.3 Å². The van der Waals surface area contributed by atoms with Crippen molar-refractivity contribution in [1.29, 1.82) is 0 Å². The fourth-order valence-corrected chi connectivity index (χ4v) is 3.31. The predicted molar refractivity (Wildman–Crippen MR) is 109 cm³/mol. The van der Waals surface area contributed by atoms with Crippen LogP contribution in [-0.2, 0) is 0 Å². The molecule has 0 atom stereocenters. The first-order valence-corrected chi connectivity index (χ1v) is 9.00. The number of fused-ring (bicyclic) bond motifs is 1. The molecule has 0 heterocycles. The molecule has 1 heteroatoms. The van der Waals surface area contributed by atoms with E-state index in [0.717, 1.165) is 11.1 Å². The third kappa shape index (κ3) is 3.25. The van der Waals surface area contributed by atoms with Gasteiger partial charge in [0.2, 0.25) is 0 Å². The van der Waals surface area contributed by atoms with Crippen LogP contribution in [-0.4, -0.2) is 0 Å². The van der Waals surface area contributed by atoms with E-state index in [0.29, 0.717) is 5.92 Å². The zero-order valence-electron chi connectivity index (χ0n) is 15.0. The van der Waals surface area contributed by atoms with Crippen molar-refractivity contribution in [3.8, 4) is 22.3 Å². The summed E-state index contributed by atoms with van der Waals surface area (Å²) in [6, 6.07) is 28.4. The van der Waals surface area contributed by atoms with Crippen molar-refractivity contribution >= 4 is 10.8 Å². The molecular weight excluding hydrogens is 319 g/mol. The van der Waals surface area contributed by atoms with Crippen molar-refractivity contribution in [1.82, 2.24) is 0 Å². The highest BCUT2D eigenvalue weighted by atomic mass is 19.1. The molecule has 0 saturated carbocycles. The standard InChI is InChI=1S/C25H21F/c1-17(2)18-3-5-19(6-4-18)21-7-9-24-16-22(8-10-23(24)15-21)20-11-13-25(26)14-12-20/h3-17H,1-2H3. The van der Waals surface area contributed by atoms with E-state index in [1.54, 1.807) is 0 Å². The van der Waals surface area contributed by atoms with Crippen LogP contribution in [0.5, 0.6) is 0 Å². The number of benzene rings is 4. The average molecular weight is 340 g/mol. The van der Waals surface area contributed by atoms with Gasteiger partial charge in [-0.2, -0.15) is 0 Å². The van der Waals surface area contributed by atoms with E-state index in [1.807, 2.05) is 12.1 Å². The van der Waals surface area contributed by atoms with Crippen LogP contribution in [0.3, 0.4) is 0 Å². The highest BCUT2D eigenvalue weighted by Crippen LogP contribution is 2.29. The molecule has 0 aliphatic heterocycles. The van der Waals surface area contributed by atoms with E-state index in [9.17, 15) is 4.39 Å². The highest BCUT2D eigenvalue weighted by Gasteiger charge is 2.04. The van der Waals surface area contributed by atoms with Gasteiger partial charge in [0.1, 0.15) is 5.82 Å². The van der Waals surface area contributed by atoms with Crippen LogP contribution in [0.4, 0.5) is 4.39 Å². The van der Waals surface area contributed by atoms with Crippen LogP contribution in [0.1, 0.15) is 25.3 Å². The second kappa shape index (κ2) is 6.76. The number of rotatable bonds is 3. The summed E-state index contributed by atoms with van der Waals surface area (Å²) in [7, 11) is 0. The summed E-state index contributed by atoms with van der Waals surface area (Å²) < 4.78 is 13.1. The summed E-state index contributed by atoms with van der Waals surface area (Å²) in [6.07, 6.45) is 0. The summed E-state index contributed by atoms with van der Waals surface area (Å²) >= 11 is 0. The maximum atomic E-state index is 13.1. The maximum absolute atomic E-state index is 13.1. The minimum atomic E-state index is -0.206. The van der Waals surface area contributed by atoms with E-state index in [2.05, 4.69) is 74.5 Å². The molecule has 0 aliphatic carbocycles. The van der Waals surface area contributed by atoms with Crippen LogP contribution >= 0.6 is 0 Å². The van der Waals surface area contributed by atoms with Gasteiger partial charge < -0.3 is 0 Å². The lowest BCUT2D eigenvalue weighted by Crippen LogP contribution is -1.87. The van der Waals surface area contributed by atoms with Gasteiger partial charge in [-0.25, -0.2) is 4.39 Å². The van der Waals surface area contributed by atoms with Gasteiger partial charge in [0.05, 0.1) is 0 Å². The van der Waals surface area contributed by atoms with Crippen LogP contribution in [0.2, 0.25) is 0 Å². The Labute approximate surface area is 153 Å². The van der Waals surface area contributed by atoms with E-state index in [1.165, 1.54) is 39.6 Å². The predicted octanol–water partition coefficient (Wildman–Crippen LogP) is 7.44. The van der Waals surface area contributed by atoms with Crippen LogP contribution in [0.15, 0.2) is 84.9 Å². The molecule has 0 bridgehead atoms.